The Morgan fingerprint density at radius 1 is 1.45 bits per heavy atom. The van der Waals surface area contributed by atoms with Gasteiger partial charge in [-0.15, -0.1) is 0 Å². The number of carbonyl (C=O) groups is 1. The summed E-state index contributed by atoms with van der Waals surface area (Å²) in [5.41, 5.74) is 0.386. The van der Waals surface area contributed by atoms with Crippen molar-refractivity contribution in [3.63, 3.8) is 0 Å². The van der Waals surface area contributed by atoms with Crippen LogP contribution in [-0.4, -0.2) is 24.7 Å². The molecule has 0 unspecified atom stereocenters. The predicted molar refractivity (Wildman–Crippen MR) is 68.4 cm³/mol. The molecular weight excluding hydrogens is 301 g/mol. The molecule has 0 fully saturated rings. The van der Waals surface area contributed by atoms with Crippen molar-refractivity contribution in [1.82, 2.24) is 0 Å². The molecule has 9 heteroatoms. The number of rotatable bonds is 4. The fourth-order valence-corrected chi connectivity index (χ4v) is 2.43. The first-order valence-electron chi connectivity index (χ1n) is 5.13. The number of carbonyl (C=O) groups excluding carboxylic acids is 1. The van der Waals surface area contributed by atoms with Crippen LogP contribution in [0.1, 0.15) is 18.9 Å². The average Bonchev–Trinajstić information content (AvgIpc) is 2.21. The van der Waals surface area contributed by atoms with Gasteiger partial charge in [-0.3, -0.25) is 14.3 Å². The molecule has 0 spiro atoms. The van der Waals surface area contributed by atoms with E-state index in [1.807, 2.05) is 0 Å². The molecule has 1 aromatic rings. The first-order valence-corrected chi connectivity index (χ1v) is 6.95. The van der Waals surface area contributed by atoms with Gasteiger partial charge >= 0.3 is 18.9 Å². The van der Waals surface area contributed by atoms with Crippen LogP contribution in [0.15, 0.2) is 22.0 Å². The number of Topliss-reactive ketones (excluding diaryl/α,β-unsaturated/α-hetero) is 1. The maximum Gasteiger partial charge on any atom is 1.00 e. The zero-order valence-corrected chi connectivity index (χ0v) is 12.7. The van der Waals surface area contributed by atoms with Gasteiger partial charge in [0.2, 0.25) is 0 Å². The van der Waals surface area contributed by atoms with Crippen LogP contribution in [0.25, 0.3) is 0 Å². The minimum absolute atomic E-state index is 0. The standard InChI is InChI=1S/C11H12ClNO5S.Li/c1-6(14)5-10(15)13-8-3-4-9(19(16,17)18)11(12)7(8)2;/h3-4H,5H2,1-2H3,(H,13,15)(H,16,17,18);/q;+1/p-1. The number of hydrogen-bond donors (Lipinski definition) is 1. The van der Waals surface area contributed by atoms with Gasteiger partial charge in [0, 0.05) is 6.42 Å². The molecule has 0 radical (unpaired) electrons. The second kappa shape index (κ2) is 7.25. The fraction of sp³-hybridized carbons (Fsp3) is 0.273. The van der Waals surface area contributed by atoms with Crippen LogP contribution in [-0.2, 0) is 14.9 Å². The van der Waals surface area contributed by atoms with Gasteiger partial charge in [-0.05, 0) is 37.4 Å². The summed E-state index contributed by atoms with van der Waals surface area (Å²) >= 11 is 5.79. The predicted octanol–water partition coefficient (Wildman–Crippen LogP) is -1.73. The van der Waals surface area contributed by atoms with Gasteiger partial charge in [-0.25, -0.2) is 0 Å². The van der Waals surface area contributed by atoms with Gasteiger partial charge in [0.05, 0.1) is 10.7 Å². The van der Waals surface area contributed by atoms with Crippen LogP contribution in [0.5, 0.6) is 0 Å². The molecular formula is C11H11ClLiNO5S. The van der Waals surface area contributed by atoms with Gasteiger partial charge in [0.25, 0.3) is 10.1 Å². The summed E-state index contributed by atoms with van der Waals surface area (Å²) in [6.07, 6.45) is -0.336. The van der Waals surface area contributed by atoms with Crippen LogP contribution < -0.4 is 24.0 Å². The largest absolute Gasteiger partial charge is 1.00 e. The van der Waals surface area contributed by atoms with Gasteiger partial charge < -0.3 is 5.11 Å². The molecule has 0 bridgehead atoms. The van der Waals surface area contributed by atoms with Crippen molar-refractivity contribution in [2.75, 3.05) is 0 Å². The number of benzene rings is 1. The Morgan fingerprint density at radius 2 is 2.00 bits per heavy atom. The Labute approximate surface area is 133 Å². The SMILES string of the molecule is CC(=O)CC([O-])=Nc1ccc(S(=O)(=O)O)c(Cl)c1C.[Li+]. The Balaban J connectivity index is 0.00000361. The van der Waals surface area contributed by atoms with E-state index in [2.05, 4.69) is 4.99 Å². The molecule has 0 saturated heterocycles. The first kappa shape index (κ1) is 19.2. The van der Waals surface area contributed by atoms with Crippen molar-refractivity contribution in [3.05, 3.63) is 22.7 Å². The Morgan fingerprint density at radius 3 is 2.45 bits per heavy atom. The third-order valence-electron chi connectivity index (χ3n) is 2.25. The van der Waals surface area contributed by atoms with E-state index in [0.717, 1.165) is 6.07 Å². The van der Waals surface area contributed by atoms with E-state index in [1.165, 1.54) is 19.9 Å². The summed E-state index contributed by atoms with van der Waals surface area (Å²) in [4.78, 5) is 14.0. The number of aliphatic imine (C=N–C) groups is 1. The molecule has 20 heavy (non-hydrogen) atoms. The molecule has 6 nitrogen and oxygen atoms in total. The first-order chi connectivity index (χ1) is 8.62. The average molecular weight is 312 g/mol. The zero-order chi connectivity index (χ0) is 14.8. The normalized spacial score (nSPS) is 11.9. The van der Waals surface area contributed by atoms with Gasteiger partial charge in [0.15, 0.2) is 0 Å². The van der Waals surface area contributed by atoms with Gasteiger partial charge in [-0.2, -0.15) is 8.42 Å². The molecule has 0 amide bonds. The van der Waals surface area contributed by atoms with Crippen molar-refractivity contribution < 1.29 is 41.7 Å². The molecule has 0 aromatic heterocycles. The molecule has 0 atom stereocenters. The van der Waals surface area contributed by atoms with Crippen LogP contribution in [0, 0.1) is 6.92 Å². The second-order valence-corrected chi connectivity index (χ2v) is 5.65. The summed E-state index contributed by atoms with van der Waals surface area (Å²) in [6, 6.07) is 2.28. The Kier molecular flexibility index (Phi) is 6.94. The molecule has 0 aliphatic carbocycles. The quantitative estimate of drug-likeness (QED) is 0.308. The third kappa shape index (κ3) is 4.93. The number of halogens is 1. The smallest absolute Gasteiger partial charge is 0.861 e. The van der Waals surface area contributed by atoms with E-state index in [0.29, 0.717) is 0 Å². The maximum absolute atomic E-state index is 11.4. The van der Waals surface area contributed by atoms with Gasteiger partial charge in [0.1, 0.15) is 10.7 Å². The molecule has 0 aliphatic heterocycles. The summed E-state index contributed by atoms with van der Waals surface area (Å²) in [5, 5.41) is 11.2. The van der Waals surface area contributed by atoms with E-state index >= 15 is 0 Å². The molecule has 0 saturated carbocycles. The van der Waals surface area contributed by atoms with Crippen molar-refractivity contribution in [2.45, 2.75) is 25.2 Å². The van der Waals surface area contributed by atoms with Crippen molar-refractivity contribution in [1.29, 1.82) is 0 Å². The van der Waals surface area contributed by atoms with Gasteiger partial charge in [-0.1, -0.05) is 11.6 Å². The minimum atomic E-state index is -4.43. The van der Waals surface area contributed by atoms with Crippen molar-refractivity contribution in [2.24, 2.45) is 4.99 Å². The molecule has 104 valence electrons. The molecule has 0 aliphatic rings. The topological polar surface area (TPSA) is 107 Å². The van der Waals surface area contributed by atoms with E-state index in [-0.39, 0.29) is 47.3 Å². The summed E-state index contributed by atoms with van der Waals surface area (Å²) in [5.74, 6) is -0.974. The van der Waals surface area contributed by atoms with Crippen LogP contribution in [0.2, 0.25) is 5.02 Å². The van der Waals surface area contributed by atoms with E-state index in [1.54, 1.807) is 0 Å². The Bertz CT molecular complexity index is 657. The van der Waals surface area contributed by atoms with Crippen molar-refractivity contribution >= 4 is 39.1 Å². The third-order valence-corrected chi connectivity index (χ3v) is 3.74. The molecule has 1 N–H and O–H groups in total. The van der Waals surface area contributed by atoms with Crippen LogP contribution in [0.4, 0.5) is 5.69 Å². The van der Waals surface area contributed by atoms with Crippen molar-refractivity contribution in [3.8, 4) is 0 Å². The maximum atomic E-state index is 11.4. The molecule has 1 aromatic carbocycles. The summed E-state index contributed by atoms with van der Waals surface area (Å²) < 4.78 is 31.0. The van der Waals surface area contributed by atoms with Crippen LogP contribution >= 0.6 is 11.6 Å². The fourth-order valence-electron chi connectivity index (χ4n) is 1.36. The zero-order valence-electron chi connectivity index (χ0n) is 11.2. The van der Waals surface area contributed by atoms with E-state index < -0.39 is 20.9 Å². The summed E-state index contributed by atoms with van der Waals surface area (Å²) in [7, 11) is -4.43. The second-order valence-electron chi connectivity index (χ2n) is 3.88. The number of ketones is 1. The molecule has 1 rings (SSSR count). The van der Waals surface area contributed by atoms with E-state index in [9.17, 15) is 18.3 Å². The number of hydrogen-bond acceptors (Lipinski definition) is 5. The molecule has 0 heterocycles. The Hall–Kier alpha value is -0.843. The summed E-state index contributed by atoms with van der Waals surface area (Å²) in [6.45, 7) is 2.71. The van der Waals surface area contributed by atoms with E-state index in [4.69, 9.17) is 16.2 Å². The monoisotopic (exact) mass is 311 g/mol. The number of nitrogens with zero attached hydrogens (tertiary/aromatic N) is 1. The minimum Gasteiger partial charge on any atom is -0.861 e. The van der Waals surface area contributed by atoms with Crippen LogP contribution in [0.3, 0.4) is 0 Å².